The van der Waals surface area contributed by atoms with Crippen molar-refractivity contribution in [3.05, 3.63) is 35.6 Å². The highest BCUT2D eigenvalue weighted by molar-refractivity contribution is 7.99. The molecule has 1 N–H and O–H groups in total. The molecule has 5 nitrogen and oxygen atoms in total. The van der Waals surface area contributed by atoms with Crippen molar-refractivity contribution in [2.24, 2.45) is 0 Å². The molecule has 2 atom stereocenters. The van der Waals surface area contributed by atoms with E-state index < -0.39 is 29.1 Å². The molecule has 1 aromatic rings. The number of hydrogen-bond acceptors (Lipinski definition) is 4. The number of hydrogen-bond donors (Lipinski definition) is 1. The molecule has 0 radical (unpaired) electrons. The zero-order valence-electron chi connectivity index (χ0n) is 12.6. The van der Waals surface area contributed by atoms with Gasteiger partial charge in [-0.2, -0.15) is 0 Å². The third-order valence-electron chi connectivity index (χ3n) is 3.04. The van der Waals surface area contributed by atoms with Crippen LogP contribution in [0, 0.1) is 5.82 Å². The van der Waals surface area contributed by atoms with Crippen molar-refractivity contribution in [1.82, 2.24) is 4.90 Å². The van der Waals surface area contributed by atoms with Gasteiger partial charge >= 0.3 is 12.1 Å². The molecule has 1 heterocycles. The summed E-state index contributed by atoms with van der Waals surface area (Å²) in [4.78, 5) is 25.0. The van der Waals surface area contributed by atoms with Gasteiger partial charge in [0.25, 0.3) is 0 Å². The molecule has 2 rings (SSSR count). The maximum absolute atomic E-state index is 13.1. The largest absolute Gasteiger partial charge is 0.480 e. The zero-order valence-corrected chi connectivity index (χ0v) is 13.4. The van der Waals surface area contributed by atoms with Gasteiger partial charge < -0.3 is 9.84 Å². The highest BCUT2D eigenvalue weighted by Crippen LogP contribution is 2.42. The van der Waals surface area contributed by atoms with Crippen molar-refractivity contribution < 1.29 is 23.8 Å². The normalized spacial score (nSPS) is 21.7. The third kappa shape index (κ3) is 3.71. The third-order valence-corrected chi connectivity index (χ3v) is 4.37. The summed E-state index contributed by atoms with van der Waals surface area (Å²) in [5, 5.41) is 8.81. The molecule has 1 aromatic carbocycles. The monoisotopic (exact) mass is 327 g/mol. The summed E-state index contributed by atoms with van der Waals surface area (Å²) in [6.45, 7) is 5.16. The Labute approximate surface area is 132 Å². The van der Waals surface area contributed by atoms with Gasteiger partial charge in [0.2, 0.25) is 0 Å². The van der Waals surface area contributed by atoms with Gasteiger partial charge in [0.1, 0.15) is 22.8 Å². The van der Waals surface area contributed by atoms with E-state index in [2.05, 4.69) is 0 Å². The first-order valence-corrected chi connectivity index (χ1v) is 7.85. The van der Waals surface area contributed by atoms with Gasteiger partial charge in [-0.25, -0.2) is 14.0 Å². The number of thioether (sulfide) groups is 1. The van der Waals surface area contributed by atoms with Crippen LogP contribution in [0.3, 0.4) is 0 Å². The number of carboxylic acids is 1. The van der Waals surface area contributed by atoms with Crippen LogP contribution in [-0.2, 0) is 9.53 Å². The number of halogens is 1. The number of carbonyl (C=O) groups is 2. The number of aliphatic carboxylic acids is 1. The van der Waals surface area contributed by atoms with Gasteiger partial charge in [-0.05, 0) is 38.5 Å². The number of ether oxygens (including phenoxy) is 1. The summed E-state index contributed by atoms with van der Waals surface area (Å²) >= 11 is 1.32. The molecule has 120 valence electrons. The van der Waals surface area contributed by atoms with E-state index in [1.807, 2.05) is 0 Å². The van der Waals surface area contributed by atoms with Gasteiger partial charge in [0.15, 0.2) is 0 Å². The van der Waals surface area contributed by atoms with E-state index in [-0.39, 0.29) is 11.6 Å². The topological polar surface area (TPSA) is 66.8 Å². The van der Waals surface area contributed by atoms with E-state index >= 15 is 0 Å². The van der Waals surface area contributed by atoms with Crippen molar-refractivity contribution in [2.45, 2.75) is 37.8 Å². The van der Waals surface area contributed by atoms with E-state index in [1.165, 1.54) is 28.8 Å². The molecule has 1 saturated heterocycles. The Morgan fingerprint density at radius 2 is 1.91 bits per heavy atom. The van der Waals surface area contributed by atoms with Crippen LogP contribution < -0.4 is 0 Å². The first kappa shape index (κ1) is 16.6. The Morgan fingerprint density at radius 1 is 1.32 bits per heavy atom. The van der Waals surface area contributed by atoms with Gasteiger partial charge in [-0.15, -0.1) is 11.8 Å². The minimum Gasteiger partial charge on any atom is -0.480 e. The number of carboxylic acid groups (broad SMARTS) is 1. The van der Waals surface area contributed by atoms with Crippen LogP contribution in [0.25, 0.3) is 0 Å². The Balaban J connectivity index is 2.30. The molecular weight excluding hydrogens is 309 g/mol. The van der Waals surface area contributed by atoms with Crippen LogP contribution in [0.4, 0.5) is 9.18 Å². The molecule has 0 spiro atoms. The molecule has 1 aliphatic rings. The minimum absolute atomic E-state index is 0.261. The standard InChI is InChI=1S/C15H18FNO4S/c1-15(2,3)21-14(20)17-11(13(18)19)8-22-12(17)9-4-6-10(16)7-5-9/h4-7,11-12H,8H2,1-3H3,(H,18,19)/t11-,12-/m0/s1. The predicted molar refractivity (Wildman–Crippen MR) is 81.1 cm³/mol. The lowest BCUT2D eigenvalue weighted by Gasteiger charge is -2.30. The number of rotatable bonds is 2. The smallest absolute Gasteiger partial charge is 0.412 e. The second-order valence-electron chi connectivity index (χ2n) is 5.98. The summed E-state index contributed by atoms with van der Waals surface area (Å²) in [6.07, 6.45) is -0.681. The summed E-state index contributed by atoms with van der Waals surface area (Å²) < 4.78 is 18.4. The van der Waals surface area contributed by atoms with Gasteiger partial charge in [-0.3, -0.25) is 4.90 Å². The van der Waals surface area contributed by atoms with E-state index in [4.69, 9.17) is 4.74 Å². The lowest BCUT2D eigenvalue weighted by molar-refractivity contribution is -0.142. The van der Waals surface area contributed by atoms with Crippen LogP contribution in [0.2, 0.25) is 0 Å². The Morgan fingerprint density at radius 3 is 2.41 bits per heavy atom. The number of carbonyl (C=O) groups excluding carboxylic acids is 1. The first-order valence-electron chi connectivity index (χ1n) is 6.80. The summed E-state index contributed by atoms with van der Waals surface area (Å²) in [5.41, 5.74) is -0.0539. The van der Waals surface area contributed by atoms with Gasteiger partial charge in [0.05, 0.1) is 0 Å². The number of nitrogens with zero attached hydrogens (tertiary/aromatic N) is 1. The molecular formula is C15H18FNO4S. The molecule has 1 fully saturated rings. The Bertz CT molecular complexity index is 570. The maximum atomic E-state index is 13.1. The first-order chi connectivity index (χ1) is 10.2. The average molecular weight is 327 g/mol. The Kier molecular flexibility index (Phi) is 4.65. The highest BCUT2D eigenvalue weighted by atomic mass is 32.2. The van der Waals surface area contributed by atoms with Crippen molar-refractivity contribution in [3.8, 4) is 0 Å². The molecule has 0 aliphatic carbocycles. The fourth-order valence-electron chi connectivity index (χ4n) is 2.12. The maximum Gasteiger partial charge on any atom is 0.412 e. The molecule has 1 aliphatic heterocycles. The van der Waals surface area contributed by atoms with Crippen LogP contribution in [-0.4, -0.2) is 39.5 Å². The van der Waals surface area contributed by atoms with Crippen LogP contribution in [0.1, 0.15) is 31.7 Å². The molecule has 7 heteroatoms. The van der Waals surface area contributed by atoms with Gasteiger partial charge in [-0.1, -0.05) is 12.1 Å². The van der Waals surface area contributed by atoms with E-state index in [9.17, 15) is 19.1 Å². The molecule has 0 saturated carbocycles. The quantitative estimate of drug-likeness (QED) is 0.903. The van der Waals surface area contributed by atoms with Crippen molar-refractivity contribution in [3.63, 3.8) is 0 Å². The number of benzene rings is 1. The second kappa shape index (κ2) is 6.16. The fraction of sp³-hybridized carbons (Fsp3) is 0.467. The second-order valence-corrected chi connectivity index (χ2v) is 7.09. The zero-order chi connectivity index (χ0) is 16.5. The Hall–Kier alpha value is -1.76. The molecule has 0 bridgehead atoms. The molecule has 0 aromatic heterocycles. The van der Waals surface area contributed by atoms with Crippen molar-refractivity contribution in [2.75, 3.05) is 5.75 Å². The van der Waals surface area contributed by atoms with Crippen molar-refractivity contribution in [1.29, 1.82) is 0 Å². The number of amides is 1. The van der Waals surface area contributed by atoms with Gasteiger partial charge in [0, 0.05) is 5.75 Å². The predicted octanol–water partition coefficient (Wildman–Crippen LogP) is 3.26. The molecule has 0 unspecified atom stereocenters. The van der Waals surface area contributed by atoms with E-state index in [0.717, 1.165) is 0 Å². The van der Waals surface area contributed by atoms with Crippen LogP contribution in [0.15, 0.2) is 24.3 Å². The fourth-order valence-corrected chi connectivity index (χ4v) is 3.53. The summed E-state index contributed by atoms with van der Waals surface area (Å²) in [6, 6.07) is 4.72. The van der Waals surface area contributed by atoms with E-state index in [1.54, 1.807) is 32.9 Å². The molecule has 1 amide bonds. The summed E-state index contributed by atoms with van der Waals surface area (Å²) in [7, 11) is 0. The highest BCUT2D eigenvalue weighted by Gasteiger charge is 2.44. The minimum atomic E-state index is -1.08. The summed E-state index contributed by atoms with van der Waals surface area (Å²) in [5.74, 6) is -1.20. The van der Waals surface area contributed by atoms with Crippen LogP contribution in [0.5, 0.6) is 0 Å². The van der Waals surface area contributed by atoms with E-state index in [0.29, 0.717) is 5.56 Å². The average Bonchev–Trinajstić information content (AvgIpc) is 2.82. The molecule has 22 heavy (non-hydrogen) atoms. The van der Waals surface area contributed by atoms with Crippen molar-refractivity contribution >= 4 is 23.8 Å². The lowest BCUT2D eigenvalue weighted by Crippen LogP contribution is -2.45. The van der Waals surface area contributed by atoms with Crippen LogP contribution >= 0.6 is 11.8 Å². The lowest BCUT2D eigenvalue weighted by atomic mass is 10.1. The SMILES string of the molecule is CC(C)(C)OC(=O)N1[C@H](C(=O)O)CS[C@H]1c1ccc(F)cc1.